The quantitative estimate of drug-likeness (QED) is 0.305. The van der Waals surface area contributed by atoms with Crippen LogP contribution in [-0.4, -0.2) is 37.1 Å². The van der Waals surface area contributed by atoms with E-state index in [2.05, 4.69) is 20.0 Å². The Morgan fingerprint density at radius 1 is 0.949 bits per heavy atom. The van der Waals surface area contributed by atoms with Crippen molar-refractivity contribution in [3.05, 3.63) is 101 Å². The van der Waals surface area contributed by atoms with Gasteiger partial charge in [-0.25, -0.2) is 31.7 Å². The highest BCUT2D eigenvalue weighted by Crippen LogP contribution is 2.31. The number of aromatic nitrogens is 3. The number of ether oxygens (including phenoxy) is 1. The van der Waals surface area contributed by atoms with Crippen LogP contribution in [-0.2, 0) is 10.0 Å². The van der Waals surface area contributed by atoms with Crippen LogP contribution in [0.25, 0.3) is 27.7 Å². The number of halogens is 2. The summed E-state index contributed by atoms with van der Waals surface area (Å²) in [6.07, 6.45) is 1.45. The number of para-hydroxylation sites is 1. The molecule has 2 N–H and O–H groups in total. The van der Waals surface area contributed by atoms with Gasteiger partial charge < -0.3 is 10.1 Å². The predicted octanol–water partition coefficient (Wildman–Crippen LogP) is 4.58. The highest BCUT2D eigenvalue weighted by molar-refractivity contribution is 7.92. The molecular formula is C27H21F2N5O4S. The summed E-state index contributed by atoms with van der Waals surface area (Å²) in [5.74, 6) is -1.87. The van der Waals surface area contributed by atoms with E-state index in [1.807, 2.05) is 18.2 Å². The Kier molecular flexibility index (Phi) is 6.71. The molecule has 0 amide bonds. The second kappa shape index (κ2) is 10.1. The molecule has 0 unspecified atom stereocenters. The van der Waals surface area contributed by atoms with Crippen LogP contribution in [0, 0.1) is 11.6 Å². The molecule has 0 spiro atoms. The summed E-state index contributed by atoms with van der Waals surface area (Å²) in [6.45, 7) is 0. The number of nitrogens with one attached hydrogen (secondary N) is 2. The molecule has 0 aliphatic carbocycles. The maximum atomic E-state index is 14.2. The van der Waals surface area contributed by atoms with Crippen molar-refractivity contribution in [2.75, 3.05) is 24.2 Å². The summed E-state index contributed by atoms with van der Waals surface area (Å²) in [5.41, 5.74) is 1.67. The third-order valence-electron chi connectivity index (χ3n) is 5.91. The number of methoxy groups -OCH3 is 1. The van der Waals surface area contributed by atoms with Gasteiger partial charge in [-0.3, -0.25) is 9.52 Å². The molecule has 0 fully saturated rings. The van der Waals surface area contributed by atoms with Gasteiger partial charge in [0.15, 0.2) is 0 Å². The molecule has 0 atom stereocenters. The van der Waals surface area contributed by atoms with Gasteiger partial charge in [-0.05, 0) is 48.0 Å². The smallest absolute Gasteiger partial charge is 0.267 e. The molecule has 0 radical (unpaired) electrons. The monoisotopic (exact) mass is 549 g/mol. The Morgan fingerprint density at radius 3 is 2.41 bits per heavy atom. The van der Waals surface area contributed by atoms with Crippen molar-refractivity contribution < 1.29 is 21.9 Å². The molecule has 0 aliphatic rings. The van der Waals surface area contributed by atoms with Gasteiger partial charge in [-0.1, -0.05) is 24.3 Å². The Hall–Kier alpha value is -4.84. The molecule has 3 aromatic carbocycles. The average Bonchev–Trinajstić information content (AvgIpc) is 2.92. The number of benzene rings is 3. The van der Waals surface area contributed by atoms with Crippen molar-refractivity contribution in [3.8, 4) is 22.7 Å². The van der Waals surface area contributed by atoms with E-state index in [-0.39, 0.29) is 17.1 Å². The van der Waals surface area contributed by atoms with Crippen LogP contribution in [0.5, 0.6) is 5.88 Å². The zero-order valence-corrected chi connectivity index (χ0v) is 21.5. The number of fused-ring (bicyclic) bond motifs is 1. The summed E-state index contributed by atoms with van der Waals surface area (Å²) in [7, 11) is -1.49. The normalized spacial score (nSPS) is 11.4. The van der Waals surface area contributed by atoms with E-state index in [1.54, 1.807) is 37.4 Å². The summed E-state index contributed by atoms with van der Waals surface area (Å²) < 4.78 is 62.2. The lowest BCUT2D eigenvalue weighted by Crippen LogP contribution is -2.22. The molecule has 0 aliphatic heterocycles. The fourth-order valence-electron chi connectivity index (χ4n) is 4.09. The molecular weight excluding hydrogens is 528 g/mol. The minimum atomic E-state index is -4.46. The molecule has 5 aromatic rings. The number of rotatable bonds is 7. The Bertz CT molecular complexity index is 1880. The van der Waals surface area contributed by atoms with Crippen molar-refractivity contribution >= 4 is 32.6 Å². The first kappa shape index (κ1) is 25.8. The summed E-state index contributed by atoms with van der Waals surface area (Å²) in [6, 6.07) is 17.6. The molecule has 0 saturated heterocycles. The van der Waals surface area contributed by atoms with Crippen LogP contribution in [0.4, 0.5) is 20.4 Å². The van der Waals surface area contributed by atoms with Crippen LogP contribution >= 0.6 is 0 Å². The van der Waals surface area contributed by atoms with Gasteiger partial charge in [0.05, 0.1) is 23.7 Å². The first-order valence-corrected chi connectivity index (χ1v) is 13.0. The fourth-order valence-corrected chi connectivity index (χ4v) is 5.20. The van der Waals surface area contributed by atoms with Crippen LogP contribution < -0.4 is 20.3 Å². The van der Waals surface area contributed by atoms with E-state index in [4.69, 9.17) is 4.74 Å². The number of hydrogen-bond acceptors (Lipinski definition) is 7. The van der Waals surface area contributed by atoms with Crippen molar-refractivity contribution in [2.24, 2.45) is 0 Å². The first-order valence-electron chi connectivity index (χ1n) is 11.5. The number of sulfonamides is 1. The number of nitrogens with zero attached hydrogens (tertiary/aromatic N) is 3. The second-order valence-corrected chi connectivity index (χ2v) is 10.0. The third kappa shape index (κ3) is 4.89. The zero-order valence-electron chi connectivity index (χ0n) is 20.6. The molecule has 2 aromatic heterocycles. The van der Waals surface area contributed by atoms with Crippen LogP contribution in [0.1, 0.15) is 0 Å². The molecule has 0 bridgehead atoms. The third-order valence-corrected chi connectivity index (χ3v) is 7.31. The van der Waals surface area contributed by atoms with Gasteiger partial charge in [-0.2, -0.15) is 0 Å². The second-order valence-electron chi connectivity index (χ2n) is 8.35. The van der Waals surface area contributed by atoms with Gasteiger partial charge in [0.1, 0.15) is 22.2 Å². The molecule has 9 nitrogen and oxygen atoms in total. The topological polar surface area (TPSA) is 115 Å². The highest BCUT2D eigenvalue weighted by atomic mass is 32.2. The minimum Gasteiger partial charge on any atom is -0.480 e. The number of hydrogen-bond donors (Lipinski definition) is 2. The Balaban J connectivity index is 1.60. The standard InChI is InChI=1S/C27H21F2N5O4S/c1-30-27-32-22-10-8-16(12-20(22)26(35)34(27)19-6-4-3-5-7-19)17-13-23(25(38-2)31-15-17)33-39(36,37)24-11-9-18(28)14-21(24)29/h3-15,33H,1-2H3,(H,30,32). The lowest BCUT2D eigenvalue weighted by atomic mass is 10.0. The zero-order chi connectivity index (χ0) is 27.7. The van der Waals surface area contributed by atoms with Gasteiger partial charge in [-0.15, -0.1) is 0 Å². The lowest BCUT2D eigenvalue weighted by molar-refractivity contribution is 0.400. The first-order chi connectivity index (χ1) is 18.7. The van der Waals surface area contributed by atoms with Gasteiger partial charge in [0.25, 0.3) is 15.6 Å². The maximum Gasteiger partial charge on any atom is 0.267 e. The Labute approximate surface area is 221 Å². The predicted molar refractivity (Wildman–Crippen MR) is 144 cm³/mol. The molecule has 0 saturated carbocycles. The van der Waals surface area contributed by atoms with E-state index in [1.165, 1.54) is 23.9 Å². The highest BCUT2D eigenvalue weighted by Gasteiger charge is 2.22. The van der Waals surface area contributed by atoms with E-state index in [0.29, 0.717) is 39.7 Å². The van der Waals surface area contributed by atoms with E-state index < -0.39 is 26.6 Å². The number of pyridine rings is 1. The van der Waals surface area contributed by atoms with E-state index >= 15 is 0 Å². The molecule has 5 rings (SSSR count). The molecule has 2 heterocycles. The van der Waals surface area contributed by atoms with Crippen LogP contribution in [0.3, 0.4) is 0 Å². The van der Waals surface area contributed by atoms with Gasteiger partial charge >= 0.3 is 0 Å². The lowest BCUT2D eigenvalue weighted by Gasteiger charge is -2.14. The Morgan fingerprint density at radius 2 is 1.72 bits per heavy atom. The van der Waals surface area contributed by atoms with Crippen molar-refractivity contribution in [1.82, 2.24) is 14.5 Å². The summed E-state index contributed by atoms with van der Waals surface area (Å²) >= 11 is 0. The van der Waals surface area contributed by atoms with E-state index in [0.717, 1.165) is 12.1 Å². The van der Waals surface area contributed by atoms with Crippen LogP contribution in [0.2, 0.25) is 0 Å². The molecule has 198 valence electrons. The van der Waals surface area contributed by atoms with E-state index in [9.17, 15) is 22.0 Å². The molecule has 12 heteroatoms. The SMILES string of the molecule is CNc1nc2ccc(-c3cnc(OC)c(NS(=O)(=O)c4ccc(F)cc4F)c3)cc2c(=O)n1-c1ccccc1. The largest absolute Gasteiger partial charge is 0.480 e. The van der Waals surface area contributed by atoms with Crippen LogP contribution in [0.15, 0.2) is 88.7 Å². The fraction of sp³-hybridized carbons (Fsp3) is 0.0741. The summed E-state index contributed by atoms with van der Waals surface area (Å²) in [5, 5.41) is 3.27. The maximum absolute atomic E-state index is 14.2. The number of anilines is 2. The average molecular weight is 550 g/mol. The van der Waals surface area contributed by atoms with Gasteiger partial charge in [0, 0.05) is 24.9 Å². The van der Waals surface area contributed by atoms with Crippen molar-refractivity contribution in [3.63, 3.8) is 0 Å². The van der Waals surface area contributed by atoms with Crippen molar-refractivity contribution in [1.29, 1.82) is 0 Å². The minimum absolute atomic E-state index is 0.0719. The van der Waals surface area contributed by atoms with Crippen molar-refractivity contribution in [2.45, 2.75) is 4.90 Å². The molecule has 39 heavy (non-hydrogen) atoms. The van der Waals surface area contributed by atoms with Gasteiger partial charge in [0.2, 0.25) is 11.8 Å². The summed E-state index contributed by atoms with van der Waals surface area (Å²) in [4.78, 5) is 21.6.